The van der Waals surface area contributed by atoms with Crippen LogP contribution < -0.4 is 10.1 Å². The van der Waals surface area contributed by atoms with E-state index in [9.17, 15) is 0 Å². The molecule has 108 valence electrons. The summed E-state index contributed by atoms with van der Waals surface area (Å²) in [6, 6.07) is 6.36. The Bertz CT molecular complexity index is 358. The van der Waals surface area contributed by atoms with Gasteiger partial charge in [-0.1, -0.05) is 17.7 Å². The van der Waals surface area contributed by atoms with Gasteiger partial charge < -0.3 is 14.8 Å². The molecule has 0 bridgehead atoms. The molecule has 0 saturated carbocycles. The molecule has 0 aliphatic carbocycles. The highest BCUT2D eigenvalue weighted by molar-refractivity contribution is 7.98. The lowest BCUT2D eigenvalue weighted by molar-refractivity contribution is 0.199. The second-order valence-corrected chi connectivity index (χ2v) is 5.46. The van der Waals surface area contributed by atoms with Crippen LogP contribution in [0.5, 0.6) is 5.75 Å². The maximum absolute atomic E-state index is 5.87. The molecule has 0 saturated heterocycles. The average Bonchev–Trinajstić information content (AvgIpc) is 2.41. The molecule has 1 rings (SSSR count). The van der Waals surface area contributed by atoms with Crippen molar-refractivity contribution in [1.82, 2.24) is 5.32 Å². The molecule has 4 heteroatoms. The summed E-state index contributed by atoms with van der Waals surface area (Å²) >= 11 is 1.86. The Hall–Kier alpha value is -0.710. The molecule has 0 aromatic heterocycles. The Balaban J connectivity index is 2.48. The van der Waals surface area contributed by atoms with Gasteiger partial charge in [0.25, 0.3) is 0 Å². The molecule has 0 aliphatic heterocycles. The second-order valence-electron chi connectivity index (χ2n) is 4.48. The van der Waals surface area contributed by atoms with E-state index >= 15 is 0 Å². The Morgan fingerprint density at radius 1 is 1.26 bits per heavy atom. The third-order valence-corrected chi connectivity index (χ3v) is 3.46. The number of hydrogen-bond donors (Lipinski definition) is 1. The first-order valence-corrected chi connectivity index (χ1v) is 8.08. The van der Waals surface area contributed by atoms with Crippen molar-refractivity contribution in [2.45, 2.75) is 19.9 Å². The number of hydrogen-bond acceptors (Lipinski definition) is 4. The van der Waals surface area contributed by atoms with Gasteiger partial charge in [-0.15, -0.1) is 0 Å². The molecule has 3 nitrogen and oxygen atoms in total. The van der Waals surface area contributed by atoms with Crippen LogP contribution in [0.1, 0.15) is 17.5 Å². The smallest absolute Gasteiger partial charge is 0.123 e. The standard InChI is InChI=1S/C15H25NO2S/c1-13-5-6-15(18-8-4-10-19-3)14(11-13)12-16-7-9-17-2/h5-6,11,16H,4,7-10,12H2,1-3H3. The van der Waals surface area contributed by atoms with E-state index < -0.39 is 0 Å². The molecule has 0 atom stereocenters. The first kappa shape index (κ1) is 16.3. The molecule has 0 spiro atoms. The monoisotopic (exact) mass is 283 g/mol. The molecule has 1 N–H and O–H groups in total. The van der Waals surface area contributed by atoms with E-state index in [0.29, 0.717) is 0 Å². The van der Waals surface area contributed by atoms with Gasteiger partial charge in [-0.05, 0) is 31.4 Å². The Morgan fingerprint density at radius 2 is 2.11 bits per heavy atom. The van der Waals surface area contributed by atoms with Gasteiger partial charge in [0.2, 0.25) is 0 Å². The number of methoxy groups -OCH3 is 1. The third-order valence-electron chi connectivity index (χ3n) is 2.76. The van der Waals surface area contributed by atoms with Crippen LogP contribution in [0.15, 0.2) is 18.2 Å². The molecular weight excluding hydrogens is 258 g/mol. The summed E-state index contributed by atoms with van der Waals surface area (Å²) in [5, 5.41) is 3.36. The van der Waals surface area contributed by atoms with Gasteiger partial charge >= 0.3 is 0 Å². The van der Waals surface area contributed by atoms with Crippen molar-refractivity contribution < 1.29 is 9.47 Å². The van der Waals surface area contributed by atoms with Gasteiger partial charge in [-0.25, -0.2) is 0 Å². The highest BCUT2D eigenvalue weighted by Gasteiger charge is 2.04. The number of nitrogens with one attached hydrogen (secondary N) is 1. The van der Waals surface area contributed by atoms with Crippen molar-refractivity contribution >= 4 is 11.8 Å². The van der Waals surface area contributed by atoms with Crippen LogP contribution in [0.4, 0.5) is 0 Å². The number of benzene rings is 1. The Labute approximate surface area is 121 Å². The van der Waals surface area contributed by atoms with Gasteiger partial charge in [0.1, 0.15) is 5.75 Å². The zero-order chi connectivity index (χ0) is 13.9. The predicted octanol–water partition coefficient (Wildman–Crippen LogP) is 2.86. The molecular formula is C15H25NO2S. The molecule has 0 aliphatic rings. The minimum absolute atomic E-state index is 0.732. The molecule has 0 radical (unpaired) electrons. The molecule has 0 amide bonds. The lowest BCUT2D eigenvalue weighted by Crippen LogP contribution is -2.19. The highest BCUT2D eigenvalue weighted by atomic mass is 32.2. The average molecular weight is 283 g/mol. The Morgan fingerprint density at radius 3 is 2.84 bits per heavy atom. The topological polar surface area (TPSA) is 30.5 Å². The summed E-state index contributed by atoms with van der Waals surface area (Å²) in [6.07, 6.45) is 3.21. The zero-order valence-corrected chi connectivity index (χ0v) is 13.0. The molecule has 0 fully saturated rings. The Kier molecular flexibility index (Phi) is 8.71. The largest absolute Gasteiger partial charge is 0.493 e. The quantitative estimate of drug-likeness (QED) is 0.669. The van der Waals surface area contributed by atoms with E-state index in [0.717, 1.165) is 44.2 Å². The van der Waals surface area contributed by atoms with Crippen LogP contribution in [-0.4, -0.2) is 38.9 Å². The van der Waals surface area contributed by atoms with Crippen molar-refractivity contribution in [3.63, 3.8) is 0 Å². The summed E-state index contributed by atoms with van der Waals surface area (Å²) < 4.78 is 10.9. The predicted molar refractivity (Wildman–Crippen MR) is 83.3 cm³/mol. The highest BCUT2D eigenvalue weighted by Crippen LogP contribution is 2.20. The van der Waals surface area contributed by atoms with Crippen LogP contribution in [0.3, 0.4) is 0 Å². The molecule has 0 unspecified atom stereocenters. The van der Waals surface area contributed by atoms with Crippen molar-refractivity contribution in [2.24, 2.45) is 0 Å². The lowest BCUT2D eigenvalue weighted by Gasteiger charge is -2.13. The van der Waals surface area contributed by atoms with Crippen LogP contribution >= 0.6 is 11.8 Å². The molecule has 0 heterocycles. The molecule has 1 aromatic rings. The maximum Gasteiger partial charge on any atom is 0.123 e. The number of thioether (sulfide) groups is 1. The normalized spacial score (nSPS) is 10.7. The number of aryl methyl sites for hydroxylation is 1. The first-order chi connectivity index (χ1) is 9.27. The minimum Gasteiger partial charge on any atom is -0.493 e. The maximum atomic E-state index is 5.87. The molecule has 1 aromatic carbocycles. The van der Waals surface area contributed by atoms with Crippen LogP contribution in [0.25, 0.3) is 0 Å². The van der Waals surface area contributed by atoms with E-state index in [4.69, 9.17) is 9.47 Å². The summed E-state index contributed by atoms with van der Waals surface area (Å²) in [5.74, 6) is 2.14. The fraction of sp³-hybridized carbons (Fsp3) is 0.600. The summed E-state index contributed by atoms with van der Waals surface area (Å²) in [7, 11) is 1.72. The lowest BCUT2D eigenvalue weighted by atomic mass is 10.1. The van der Waals surface area contributed by atoms with E-state index in [1.54, 1.807) is 7.11 Å². The van der Waals surface area contributed by atoms with Gasteiger partial charge in [-0.2, -0.15) is 11.8 Å². The number of rotatable bonds is 10. The fourth-order valence-corrected chi connectivity index (χ4v) is 2.18. The minimum atomic E-state index is 0.732. The zero-order valence-electron chi connectivity index (χ0n) is 12.2. The van der Waals surface area contributed by atoms with Crippen molar-refractivity contribution in [3.05, 3.63) is 29.3 Å². The van der Waals surface area contributed by atoms with Gasteiger partial charge in [0, 0.05) is 25.8 Å². The van der Waals surface area contributed by atoms with Crippen LogP contribution in [0, 0.1) is 6.92 Å². The first-order valence-electron chi connectivity index (χ1n) is 6.69. The number of ether oxygens (including phenoxy) is 2. The summed E-state index contributed by atoms with van der Waals surface area (Å²) in [5.41, 5.74) is 2.49. The van der Waals surface area contributed by atoms with E-state index in [1.807, 2.05) is 11.8 Å². The SMILES string of the molecule is COCCNCc1cc(C)ccc1OCCCSC. The van der Waals surface area contributed by atoms with Crippen LogP contribution in [0.2, 0.25) is 0 Å². The second kappa shape index (κ2) is 10.1. The summed E-state index contributed by atoms with van der Waals surface area (Å²) in [4.78, 5) is 0. The van der Waals surface area contributed by atoms with E-state index in [-0.39, 0.29) is 0 Å². The van der Waals surface area contributed by atoms with E-state index in [2.05, 4.69) is 36.7 Å². The van der Waals surface area contributed by atoms with Gasteiger partial charge in [0.05, 0.1) is 13.2 Å². The van der Waals surface area contributed by atoms with Gasteiger partial charge in [-0.3, -0.25) is 0 Å². The summed E-state index contributed by atoms with van der Waals surface area (Å²) in [6.45, 7) is 5.31. The van der Waals surface area contributed by atoms with Gasteiger partial charge in [0.15, 0.2) is 0 Å². The molecule has 19 heavy (non-hydrogen) atoms. The third kappa shape index (κ3) is 6.85. The van der Waals surface area contributed by atoms with Crippen molar-refractivity contribution in [3.8, 4) is 5.75 Å². The van der Waals surface area contributed by atoms with Crippen molar-refractivity contribution in [1.29, 1.82) is 0 Å². The van der Waals surface area contributed by atoms with Crippen molar-refractivity contribution in [2.75, 3.05) is 38.9 Å². The van der Waals surface area contributed by atoms with E-state index in [1.165, 1.54) is 11.1 Å². The fourth-order valence-electron chi connectivity index (χ4n) is 1.77. The van der Waals surface area contributed by atoms with Crippen LogP contribution in [-0.2, 0) is 11.3 Å².